The average molecular weight is 590 g/mol. The van der Waals surface area contributed by atoms with Crippen molar-refractivity contribution in [2.24, 2.45) is 0 Å². The fourth-order valence-electron chi connectivity index (χ4n) is 5.12. The fraction of sp³-hybridized carbons (Fsp3) is 0.267. The van der Waals surface area contributed by atoms with E-state index in [1.807, 2.05) is 18.2 Å². The highest BCUT2D eigenvalue weighted by Crippen LogP contribution is 2.33. The van der Waals surface area contributed by atoms with E-state index in [1.54, 1.807) is 47.4 Å². The van der Waals surface area contributed by atoms with E-state index in [2.05, 4.69) is 15.3 Å². The number of carbonyl (C=O) groups is 2. The Morgan fingerprint density at radius 2 is 1.74 bits per heavy atom. The van der Waals surface area contributed by atoms with Crippen molar-refractivity contribution < 1.29 is 23.8 Å². The number of halogens is 1. The summed E-state index contributed by atoms with van der Waals surface area (Å²) in [6, 6.07) is 17.4. The van der Waals surface area contributed by atoms with Crippen molar-refractivity contribution in [2.45, 2.75) is 6.54 Å². The van der Waals surface area contributed by atoms with Crippen LogP contribution in [0.4, 0.5) is 0 Å². The number of fused-ring (bicyclic) bond motifs is 2. The standard InChI is InChI=1S/C30H28ClN5O6/c1-40-24-9-7-20(15-23(24)31)36-30(39)22-5-3-2-4-21(22)28(33-36)29(38)32-16-27(37)35-12-10-34(11-13-35)17-19-6-8-25-26(14-19)42-18-41-25/h2-9,14-15H,10-13,16-18H2,1H3,(H,32,38). The maximum absolute atomic E-state index is 13.3. The van der Waals surface area contributed by atoms with Gasteiger partial charge in [-0.25, -0.2) is 0 Å². The molecule has 0 aliphatic carbocycles. The van der Waals surface area contributed by atoms with E-state index >= 15 is 0 Å². The van der Waals surface area contributed by atoms with Gasteiger partial charge >= 0.3 is 0 Å². The molecule has 0 spiro atoms. The van der Waals surface area contributed by atoms with Crippen molar-refractivity contribution in [3.05, 3.63) is 87.3 Å². The van der Waals surface area contributed by atoms with Gasteiger partial charge in [0.2, 0.25) is 12.7 Å². The minimum absolute atomic E-state index is 0.0264. The molecule has 11 nitrogen and oxygen atoms in total. The van der Waals surface area contributed by atoms with Crippen LogP contribution in [0.1, 0.15) is 16.1 Å². The summed E-state index contributed by atoms with van der Waals surface area (Å²) in [6.07, 6.45) is 0. The molecule has 12 heteroatoms. The molecular weight excluding hydrogens is 562 g/mol. The van der Waals surface area contributed by atoms with Crippen LogP contribution in [0.5, 0.6) is 17.2 Å². The molecule has 0 saturated carbocycles. The second-order valence-corrected chi connectivity index (χ2v) is 10.4. The molecule has 1 N–H and O–H groups in total. The van der Waals surface area contributed by atoms with Crippen LogP contribution in [0.25, 0.3) is 16.5 Å². The van der Waals surface area contributed by atoms with Gasteiger partial charge in [0.1, 0.15) is 5.75 Å². The van der Waals surface area contributed by atoms with Gasteiger partial charge in [-0.2, -0.15) is 9.78 Å². The van der Waals surface area contributed by atoms with Crippen LogP contribution >= 0.6 is 11.6 Å². The minimum atomic E-state index is -0.561. The van der Waals surface area contributed by atoms with E-state index in [0.29, 0.717) is 53.4 Å². The Labute approximate surface area is 246 Å². The van der Waals surface area contributed by atoms with Gasteiger partial charge in [0.05, 0.1) is 29.8 Å². The zero-order valence-electron chi connectivity index (χ0n) is 22.8. The summed E-state index contributed by atoms with van der Waals surface area (Å²) in [7, 11) is 1.49. The first-order chi connectivity index (χ1) is 20.4. The van der Waals surface area contributed by atoms with Crippen molar-refractivity contribution in [1.29, 1.82) is 0 Å². The largest absolute Gasteiger partial charge is 0.495 e. The third-order valence-corrected chi connectivity index (χ3v) is 7.66. The number of hydrogen-bond donors (Lipinski definition) is 1. The van der Waals surface area contributed by atoms with Crippen molar-refractivity contribution in [3.63, 3.8) is 0 Å². The molecule has 2 aliphatic rings. The summed E-state index contributed by atoms with van der Waals surface area (Å²) in [5.74, 6) is 1.20. The maximum Gasteiger partial charge on any atom is 0.279 e. The first kappa shape index (κ1) is 27.6. The highest BCUT2D eigenvalue weighted by atomic mass is 35.5. The molecule has 216 valence electrons. The summed E-state index contributed by atoms with van der Waals surface area (Å²) in [5, 5.41) is 8.07. The molecule has 2 aliphatic heterocycles. The molecule has 42 heavy (non-hydrogen) atoms. The predicted octanol–water partition coefficient (Wildman–Crippen LogP) is 2.85. The number of nitrogens with one attached hydrogen (secondary N) is 1. The molecule has 1 aromatic heterocycles. The van der Waals surface area contributed by atoms with Crippen molar-refractivity contribution in [1.82, 2.24) is 24.9 Å². The highest BCUT2D eigenvalue weighted by Gasteiger charge is 2.24. The second kappa shape index (κ2) is 11.7. The smallest absolute Gasteiger partial charge is 0.279 e. The third kappa shape index (κ3) is 5.48. The lowest BCUT2D eigenvalue weighted by molar-refractivity contribution is -0.131. The van der Waals surface area contributed by atoms with Gasteiger partial charge < -0.3 is 24.4 Å². The van der Waals surface area contributed by atoms with Gasteiger partial charge in [-0.15, -0.1) is 0 Å². The number of rotatable bonds is 7. The Balaban J connectivity index is 1.11. The Morgan fingerprint density at radius 1 is 0.976 bits per heavy atom. The van der Waals surface area contributed by atoms with E-state index < -0.39 is 11.5 Å². The van der Waals surface area contributed by atoms with Crippen LogP contribution < -0.4 is 25.1 Å². The van der Waals surface area contributed by atoms with Crippen molar-refractivity contribution in [2.75, 3.05) is 46.6 Å². The molecule has 1 fully saturated rings. The molecule has 4 aromatic rings. The summed E-state index contributed by atoms with van der Waals surface area (Å²) < 4.78 is 17.2. The predicted molar refractivity (Wildman–Crippen MR) is 156 cm³/mol. The van der Waals surface area contributed by atoms with Crippen LogP contribution in [0.2, 0.25) is 5.02 Å². The zero-order valence-corrected chi connectivity index (χ0v) is 23.6. The molecular formula is C30H28ClN5O6. The fourth-order valence-corrected chi connectivity index (χ4v) is 5.38. The molecule has 1 saturated heterocycles. The Morgan fingerprint density at radius 3 is 2.50 bits per heavy atom. The summed E-state index contributed by atoms with van der Waals surface area (Å²) in [6.45, 7) is 3.29. The number of carbonyl (C=O) groups excluding carboxylic acids is 2. The topological polar surface area (TPSA) is 115 Å². The molecule has 0 atom stereocenters. The molecule has 0 bridgehead atoms. The van der Waals surface area contributed by atoms with Crippen LogP contribution in [0.3, 0.4) is 0 Å². The number of hydrogen-bond acceptors (Lipinski definition) is 8. The molecule has 2 amide bonds. The number of methoxy groups -OCH3 is 1. The van der Waals surface area contributed by atoms with Crippen LogP contribution in [-0.2, 0) is 11.3 Å². The molecule has 3 aromatic carbocycles. The van der Waals surface area contributed by atoms with Crippen LogP contribution in [0.15, 0.2) is 65.5 Å². The summed E-state index contributed by atoms with van der Waals surface area (Å²) >= 11 is 6.28. The lowest BCUT2D eigenvalue weighted by atomic mass is 10.1. The Kier molecular flexibility index (Phi) is 7.68. The van der Waals surface area contributed by atoms with E-state index in [1.165, 1.54) is 7.11 Å². The highest BCUT2D eigenvalue weighted by molar-refractivity contribution is 6.32. The summed E-state index contributed by atoms with van der Waals surface area (Å²) in [4.78, 5) is 43.6. The number of ether oxygens (including phenoxy) is 3. The normalized spacial score (nSPS) is 14.7. The number of piperazine rings is 1. The third-order valence-electron chi connectivity index (χ3n) is 7.37. The number of aromatic nitrogens is 2. The monoisotopic (exact) mass is 589 g/mol. The molecule has 0 unspecified atom stereocenters. The minimum Gasteiger partial charge on any atom is -0.495 e. The van der Waals surface area contributed by atoms with E-state index in [4.69, 9.17) is 25.8 Å². The SMILES string of the molecule is COc1ccc(-n2nc(C(=O)NCC(=O)N3CCN(Cc4ccc5c(c4)OCO5)CC3)c3ccccc3c2=O)cc1Cl. The first-order valence-electron chi connectivity index (χ1n) is 13.4. The van der Waals surface area contributed by atoms with Gasteiger partial charge in [0.25, 0.3) is 11.5 Å². The lowest BCUT2D eigenvalue weighted by Gasteiger charge is -2.34. The molecule has 6 rings (SSSR count). The Hall–Kier alpha value is -4.61. The van der Waals surface area contributed by atoms with E-state index in [0.717, 1.165) is 28.3 Å². The van der Waals surface area contributed by atoms with Crippen LogP contribution in [-0.4, -0.2) is 78.0 Å². The first-order valence-corrected chi connectivity index (χ1v) is 13.8. The van der Waals surface area contributed by atoms with Gasteiger partial charge in [0.15, 0.2) is 17.2 Å². The van der Waals surface area contributed by atoms with E-state index in [9.17, 15) is 14.4 Å². The zero-order chi connectivity index (χ0) is 29.2. The van der Waals surface area contributed by atoms with Gasteiger partial charge in [-0.3, -0.25) is 19.3 Å². The van der Waals surface area contributed by atoms with E-state index in [-0.39, 0.29) is 24.9 Å². The van der Waals surface area contributed by atoms with Crippen molar-refractivity contribution >= 4 is 34.2 Å². The number of amides is 2. The molecule has 0 radical (unpaired) electrons. The van der Waals surface area contributed by atoms with Gasteiger partial charge in [-0.1, -0.05) is 35.9 Å². The number of nitrogens with zero attached hydrogens (tertiary/aromatic N) is 4. The second-order valence-electron chi connectivity index (χ2n) is 9.96. The van der Waals surface area contributed by atoms with Gasteiger partial charge in [-0.05, 0) is 42.0 Å². The lowest BCUT2D eigenvalue weighted by Crippen LogP contribution is -2.50. The maximum atomic E-state index is 13.3. The van der Waals surface area contributed by atoms with Gasteiger partial charge in [0, 0.05) is 38.1 Å². The van der Waals surface area contributed by atoms with Crippen molar-refractivity contribution in [3.8, 4) is 22.9 Å². The Bertz CT molecular complexity index is 1730. The number of benzene rings is 3. The average Bonchev–Trinajstić information content (AvgIpc) is 3.48. The summed E-state index contributed by atoms with van der Waals surface area (Å²) in [5.41, 5.74) is 1.11. The quantitative estimate of drug-likeness (QED) is 0.350. The van der Waals surface area contributed by atoms with Crippen LogP contribution in [0, 0.1) is 0 Å². The molecule has 3 heterocycles.